The molecule has 1 amide bonds. The maximum Gasteiger partial charge on any atom is 0.472 e. The Morgan fingerprint density at radius 2 is 2.50 bits per heavy atom. The van der Waals surface area contributed by atoms with Gasteiger partial charge in [-0.05, 0) is 19.4 Å². The van der Waals surface area contributed by atoms with E-state index in [2.05, 4.69) is 15.2 Å². The van der Waals surface area contributed by atoms with Crippen molar-refractivity contribution in [1.29, 1.82) is 0 Å². The summed E-state index contributed by atoms with van der Waals surface area (Å²) in [5.41, 5.74) is 0. The van der Waals surface area contributed by atoms with Crippen LogP contribution >= 0.6 is 0 Å². The van der Waals surface area contributed by atoms with Gasteiger partial charge in [0, 0.05) is 0 Å². The highest BCUT2D eigenvalue weighted by atomic mass is 16.6. The Hall–Kier alpha value is -0.970. The Morgan fingerprint density at radius 3 is 3.00 bits per heavy atom. The first-order valence-electron chi connectivity index (χ1n) is 3.10. The van der Waals surface area contributed by atoms with E-state index in [9.17, 15) is 9.70 Å². The first-order valence-corrected chi connectivity index (χ1v) is 3.10. The molecule has 0 aromatic carbocycles. The predicted octanol–water partition coefficient (Wildman–Crippen LogP) is 0.599. The van der Waals surface area contributed by atoms with Crippen molar-refractivity contribution in [3.05, 3.63) is 4.91 Å². The zero-order chi connectivity index (χ0) is 7.40. The molecule has 1 rings (SSSR count). The van der Waals surface area contributed by atoms with Crippen LogP contribution in [0.2, 0.25) is 0 Å². The summed E-state index contributed by atoms with van der Waals surface area (Å²) >= 11 is 0. The number of ether oxygens (including phenoxy) is 1. The Labute approximate surface area is 57.7 Å². The molecule has 5 heteroatoms. The molecular formula is C5H8N2O3. The molecule has 10 heavy (non-hydrogen) atoms. The average molecular weight is 144 g/mol. The summed E-state index contributed by atoms with van der Waals surface area (Å²) in [6, 6.07) is 0. The van der Waals surface area contributed by atoms with Crippen LogP contribution in [0.5, 0.6) is 0 Å². The molecule has 0 bridgehead atoms. The molecule has 1 aliphatic heterocycles. The van der Waals surface area contributed by atoms with Crippen molar-refractivity contribution in [3.63, 3.8) is 0 Å². The predicted molar refractivity (Wildman–Crippen MR) is 33.3 cm³/mol. The van der Waals surface area contributed by atoms with Crippen molar-refractivity contribution in [2.75, 3.05) is 6.54 Å². The van der Waals surface area contributed by atoms with Crippen molar-refractivity contribution in [2.24, 2.45) is 5.18 Å². The van der Waals surface area contributed by atoms with E-state index in [1.54, 1.807) is 0 Å². The lowest BCUT2D eigenvalue weighted by Gasteiger charge is -2.06. The van der Waals surface area contributed by atoms with Crippen LogP contribution in [0.4, 0.5) is 4.79 Å². The number of hydrogen-bond donors (Lipinski definition) is 1. The summed E-state index contributed by atoms with van der Waals surface area (Å²) in [6.45, 7) is 0.830. The number of nitrogens with one attached hydrogen (secondary N) is 1. The molecule has 1 unspecified atom stereocenters. The van der Waals surface area contributed by atoms with Crippen LogP contribution in [0.15, 0.2) is 5.18 Å². The van der Waals surface area contributed by atoms with Gasteiger partial charge in [-0.25, -0.2) is 4.79 Å². The van der Waals surface area contributed by atoms with Gasteiger partial charge >= 0.3 is 6.09 Å². The number of carbonyl (C=O) groups is 1. The first-order chi connectivity index (χ1) is 4.83. The maximum atomic E-state index is 10.2. The fraction of sp³-hybridized carbons (Fsp3) is 0.800. The van der Waals surface area contributed by atoms with Crippen LogP contribution in [0.25, 0.3) is 0 Å². The molecule has 1 N–H and O–H groups in total. The molecule has 0 aromatic heterocycles. The van der Waals surface area contributed by atoms with E-state index in [4.69, 9.17) is 0 Å². The molecule has 0 saturated carbocycles. The van der Waals surface area contributed by atoms with Gasteiger partial charge in [-0.1, -0.05) is 0 Å². The van der Waals surface area contributed by atoms with Gasteiger partial charge in [0.05, 0.1) is 5.18 Å². The van der Waals surface area contributed by atoms with Crippen molar-refractivity contribution in [1.82, 2.24) is 5.32 Å². The normalized spacial score (nSPS) is 24.2. The van der Waals surface area contributed by atoms with Gasteiger partial charge in [-0.3, -0.25) is 5.32 Å². The zero-order valence-corrected chi connectivity index (χ0v) is 5.37. The standard InChI is InChI=1S/C5H8N2O3/c8-5(7-9)10-4-2-1-3-6-4/h4,6H,1-3H2. The molecule has 0 spiro atoms. The summed E-state index contributed by atoms with van der Waals surface area (Å²) in [5, 5.41) is 4.98. The second-order valence-corrected chi connectivity index (χ2v) is 2.06. The lowest BCUT2D eigenvalue weighted by molar-refractivity contribution is 0.0983. The highest BCUT2D eigenvalue weighted by molar-refractivity contribution is 5.67. The van der Waals surface area contributed by atoms with E-state index in [-0.39, 0.29) is 6.23 Å². The summed E-state index contributed by atoms with van der Waals surface area (Å²) < 4.78 is 4.53. The monoisotopic (exact) mass is 144 g/mol. The molecule has 1 saturated heterocycles. The van der Waals surface area contributed by atoms with E-state index in [0.717, 1.165) is 19.4 Å². The van der Waals surface area contributed by atoms with E-state index in [0.29, 0.717) is 0 Å². The van der Waals surface area contributed by atoms with Crippen molar-refractivity contribution < 1.29 is 9.53 Å². The number of hydrogen-bond acceptors (Lipinski definition) is 4. The van der Waals surface area contributed by atoms with Crippen LogP contribution in [-0.4, -0.2) is 18.9 Å². The zero-order valence-electron chi connectivity index (χ0n) is 5.37. The summed E-state index contributed by atoms with van der Waals surface area (Å²) in [6.07, 6.45) is 0.391. The molecule has 56 valence electrons. The largest absolute Gasteiger partial charge is 0.472 e. The second-order valence-electron chi connectivity index (χ2n) is 2.06. The van der Waals surface area contributed by atoms with E-state index in [1.165, 1.54) is 0 Å². The van der Waals surface area contributed by atoms with Gasteiger partial charge in [0.15, 0.2) is 6.23 Å². The lowest BCUT2D eigenvalue weighted by atomic mass is 10.4. The maximum absolute atomic E-state index is 10.2. The highest BCUT2D eigenvalue weighted by Gasteiger charge is 2.17. The molecule has 0 radical (unpaired) electrons. The number of carbonyl (C=O) groups excluding carboxylic acids is 1. The summed E-state index contributed by atoms with van der Waals surface area (Å²) in [5.74, 6) is 0. The molecule has 1 atom stereocenters. The molecule has 1 aliphatic rings. The lowest BCUT2D eigenvalue weighted by Crippen LogP contribution is -2.26. The Bertz CT molecular complexity index is 142. The van der Waals surface area contributed by atoms with Crippen LogP contribution in [0.1, 0.15) is 12.8 Å². The minimum Gasteiger partial charge on any atom is -0.427 e. The number of rotatable bonds is 1. The average Bonchev–Trinajstić information content (AvgIpc) is 2.40. The highest BCUT2D eigenvalue weighted by Crippen LogP contribution is 2.06. The number of nitrogens with zero attached hydrogens (tertiary/aromatic N) is 1. The minimum absolute atomic E-state index is 0.301. The van der Waals surface area contributed by atoms with Gasteiger partial charge in [0.1, 0.15) is 0 Å². The van der Waals surface area contributed by atoms with Crippen molar-refractivity contribution in [3.8, 4) is 0 Å². The second kappa shape index (κ2) is 3.26. The summed E-state index contributed by atoms with van der Waals surface area (Å²) in [7, 11) is 0. The fourth-order valence-corrected chi connectivity index (χ4v) is 0.896. The quantitative estimate of drug-likeness (QED) is 0.547. The topological polar surface area (TPSA) is 67.8 Å². The van der Waals surface area contributed by atoms with Crippen molar-refractivity contribution >= 4 is 6.09 Å². The van der Waals surface area contributed by atoms with Crippen LogP contribution in [-0.2, 0) is 4.74 Å². The molecule has 0 aromatic rings. The Balaban J connectivity index is 2.23. The van der Waals surface area contributed by atoms with E-state index >= 15 is 0 Å². The Morgan fingerprint density at radius 1 is 1.70 bits per heavy atom. The van der Waals surface area contributed by atoms with E-state index in [1.807, 2.05) is 0 Å². The third-order valence-corrected chi connectivity index (χ3v) is 1.33. The first kappa shape index (κ1) is 7.14. The number of amides is 1. The van der Waals surface area contributed by atoms with Gasteiger partial charge in [0.25, 0.3) is 0 Å². The molecule has 5 nitrogen and oxygen atoms in total. The van der Waals surface area contributed by atoms with Crippen LogP contribution < -0.4 is 5.32 Å². The number of nitroso groups, excluding NO2 is 1. The molecule has 1 heterocycles. The van der Waals surface area contributed by atoms with Crippen LogP contribution in [0.3, 0.4) is 0 Å². The van der Waals surface area contributed by atoms with Crippen LogP contribution in [0, 0.1) is 4.91 Å². The summed E-state index contributed by atoms with van der Waals surface area (Å²) in [4.78, 5) is 19.8. The van der Waals surface area contributed by atoms with Gasteiger partial charge < -0.3 is 4.74 Å². The smallest absolute Gasteiger partial charge is 0.427 e. The minimum atomic E-state index is -1.04. The van der Waals surface area contributed by atoms with Gasteiger partial charge in [-0.2, -0.15) is 0 Å². The molecule has 1 fully saturated rings. The van der Waals surface area contributed by atoms with E-state index < -0.39 is 6.09 Å². The third-order valence-electron chi connectivity index (χ3n) is 1.33. The molecule has 0 aliphatic carbocycles. The molecular weight excluding hydrogens is 136 g/mol. The van der Waals surface area contributed by atoms with Crippen molar-refractivity contribution in [2.45, 2.75) is 19.1 Å². The SMILES string of the molecule is O=NC(=O)OC1CCCN1. The fourth-order valence-electron chi connectivity index (χ4n) is 0.896. The van der Waals surface area contributed by atoms with Gasteiger partial charge in [-0.15, -0.1) is 4.91 Å². The van der Waals surface area contributed by atoms with Gasteiger partial charge in [0.2, 0.25) is 0 Å². The Kier molecular flexibility index (Phi) is 2.33. The third kappa shape index (κ3) is 1.77.